The van der Waals surface area contributed by atoms with Crippen molar-refractivity contribution < 1.29 is 0 Å². The van der Waals surface area contributed by atoms with E-state index in [9.17, 15) is 0 Å². The van der Waals surface area contributed by atoms with Crippen molar-refractivity contribution in [3.8, 4) is 16.9 Å². The van der Waals surface area contributed by atoms with Crippen LogP contribution in [-0.4, -0.2) is 16.3 Å². The fourth-order valence-corrected chi connectivity index (χ4v) is 3.92. The van der Waals surface area contributed by atoms with Gasteiger partial charge in [-0.2, -0.15) is 5.10 Å². The maximum atomic E-state index is 6.36. The zero-order valence-electron chi connectivity index (χ0n) is 14.0. The van der Waals surface area contributed by atoms with E-state index in [4.69, 9.17) is 16.7 Å². The molecular weight excluding hydrogens is 398 g/mol. The summed E-state index contributed by atoms with van der Waals surface area (Å²) in [6.45, 7) is 2.98. The molecule has 4 rings (SSSR count). The third-order valence-electron chi connectivity index (χ3n) is 4.66. The van der Waals surface area contributed by atoms with Crippen LogP contribution in [0, 0.1) is 6.92 Å². The first kappa shape index (κ1) is 16.7. The molecule has 1 aliphatic heterocycles. The van der Waals surface area contributed by atoms with Crippen LogP contribution < -0.4 is 5.32 Å². The van der Waals surface area contributed by atoms with E-state index in [2.05, 4.69) is 45.5 Å². The molecule has 3 aromatic rings. The highest BCUT2D eigenvalue weighted by Crippen LogP contribution is 2.37. The van der Waals surface area contributed by atoms with Gasteiger partial charge in [0, 0.05) is 27.2 Å². The molecule has 0 fully saturated rings. The molecule has 0 saturated heterocycles. The van der Waals surface area contributed by atoms with E-state index in [0.717, 1.165) is 57.2 Å². The second-order valence-corrected chi connectivity index (χ2v) is 7.65. The lowest BCUT2D eigenvalue weighted by atomic mass is 10.0. The van der Waals surface area contributed by atoms with E-state index in [1.807, 2.05) is 29.8 Å². The summed E-state index contributed by atoms with van der Waals surface area (Å²) < 4.78 is 3.06. The summed E-state index contributed by atoms with van der Waals surface area (Å²) >= 11 is 10.0. The SMILES string of the molecule is Cc1ccc(-n2nc(-c3ccccc3Br)c3c2NCCCC3)cc1Cl. The highest BCUT2D eigenvalue weighted by atomic mass is 79.9. The maximum Gasteiger partial charge on any atom is 0.133 e. The first-order chi connectivity index (χ1) is 12.1. The number of anilines is 1. The Labute approximate surface area is 161 Å². The number of aryl methyl sites for hydroxylation is 1. The van der Waals surface area contributed by atoms with Crippen LogP contribution in [0.4, 0.5) is 5.82 Å². The predicted octanol–water partition coefficient (Wildman–Crippen LogP) is 6.01. The van der Waals surface area contributed by atoms with Crippen LogP contribution >= 0.6 is 27.5 Å². The van der Waals surface area contributed by atoms with E-state index in [0.29, 0.717) is 0 Å². The minimum absolute atomic E-state index is 0.762. The molecule has 0 unspecified atom stereocenters. The molecule has 25 heavy (non-hydrogen) atoms. The molecule has 0 bridgehead atoms. The number of fused-ring (bicyclic) bond motifs is 1. The van der Waals surface area contributed by atoms with Gasteiger partial charge in [-0.15, -0.1) is 0 Å². The van der Waals surface area contributed by atoms with E-state index in [-0.39, 0.29) is 0 Å². The van der Waals surface area contributed by atoms with Crippen molar-refractivity contribution in [1.82, 2.24) is 9.78 Å². The van der Waals surface area contributed by atoms with Gasteiger partial charge in [-0.1, -0.05) is 51.8 Å². The summed E-state index contributed by atoms with van der Waals surface area (Å²) in [5.41, 5.74) is 5.50. The number of aromatic nitrogens is 2. The average molecular weight is 417 g/mol. The lowest BCUT2D eigenvalue weighted by Crippen LogP contribution is -2.07. The summed E-state index contributed by atoms with van der Waals surface area (Å²) in [5.74, 6) is 1.09. The van der Waals surface area contributed by atoms with Gasteiger partial charge in [0.1, 0.15) is 5.82 Å². The second kappa shape index (κ2) is 6.85. The molecule has 0 saturated carbocycles. The Balaban J connectivity index is 1.93. The Morgan fingerprint density at radius 2 is 2.00 bits per heavy atom. The van der Waals surface area contributed by atoms with Gasteiger partial charge in [-0.05, 0) is 49.9 Å². The molecule has 1 N–H and O–H groups in total. The molecule has 0 aliphatic carbocycles. The van der Waals surface area contributed by atoms with Crippen molar-refractivity contribution in [3.05, 3.63) is 63.1 Å². The molecule has 1 aliphatic rings. The van der Waals surface area contributed by atoms with Crippen LogP contribution in [0.1, 0.15) is 24.0 Å². The Hall–Kier alpha value is -1.78. The van der Waals surface area contributed by atoms with Crippen molar-refractivity contribution in [3.63, 3.8) is 0 Å². The van der Waals surface area contributed by atoms with Gasteiger partial charge in [-0.25, -0.2) is 4.68 Å². The highest BCUT2D eigenvalue weighted by Gasteiger charge is 2.22. The standard InChI is InChI=1S/C20H19BrClN3/c1-13-9-10-14(12-18(13)22)25-20-16(7-4-5-11-23-20)19(24-25)15-6-2-3-8-17(15)21/h2-3,6,8-10,12,23H,4-5,7,11H2,1H3. The third-order valence-corrected chi connectivity index (χ3v) is 5.76. The Bertz CT molecular complexity index is 933. The first-order valence-corrected chi connectivity index (χ1v) is 9.69. The lowest BCUT2D eigenvalue weighted by molar-refractivity contribution is 0.780. The largest absolute Gasteiger partial charge is 0.370 e. The molecule has 0 spiro atoms. The Kier molecular flexibility index (Phi) is 4.57. The van der Waals surface area contributed by atoms with Gasteiger partial charge >= 0.3 is 0 Å². The molecule has 128 valence electrons. The molecular formula is C20H19BrClN3. The predicted molar refractivity (Wildman–Crippen MR) is 108 cm³/mol. The molecule has 5 heteroatoms. The third kappa shape index (κ3) is 3.09. The lowest BCUT2D eigenvalue weighted by Gasteiger charge is -2.10. The summed E-state index contributed by atoms with van der Waals surface area (Å²) in [6.07, 6.45) is 3.36. The van der Waals surface area contributed by atoms with Gasteiger partial charge in [0.2, 0.25) is 0 Å². The van der Waals surface area contributed by atoms with Crippen molar-refractivity contribution in [2.75, 3.05) is 11.9 Å². The number of hydrogen-bond acceptors (Lipinski definition) is 2. The number of hydrogen-bond donors (Lipinski definition) is 1. The van der Waals surface area contributed by atoms with Crippen LogP contribution in [0.5, 0.6) is 0 Å². The summed E-state index contributed by atoms with van der Waals surface area (Å²) in [6, 6.07) is 14.4. The minimum Gasteiger partial charge on any atom is -0.370 e. The topological polar surface area (TPSA) is 29.9 Å². The van der Waals surface area contributed by atoms with Crippen LogP contribution in [0.15, 0.2) is 46.9 Å². The van der Waals surface area contributed by atoms with Gasteiger partial charge in [-0.3, -0.25) is 0 Å². The van der Waals surface area contributed by atoms with Crippen LogP contribution in [-0.2, 0) is 6.42 Å². The monoisotopic (exact) mass is 415 g/mol. The minimum atomic E-state index is 0.762. The Morgan fingerprint density at radius 1 is 1.16 bits per heavy atom. The quantitative estimate of drug-likeness (QED) is 0.554. The number of nitrogens with one attached hydrogen (secondary N) is 1. The average Bonchev–Trinajstić information content (AvgIpc) is 2.79. The number of halogens is 2. The van der Waals surface area contributed by atoms with Crippen molar-refractivity contribution >= 4 is 33.3 Å². The zero-order chi connectivity index (χ0) is 17.4. The Morgan fingerprint density at radius 3 is 2.80 bits per heavy atom. The van der Waals surface area contributed by atoms with E-state index < -0.39 is 0 Å². The zero-order valence-corrected chi connectivity index (χ0v) is 16.4. The summed E-state index contributed by atoms with van der Waals surface area (Å²) in [4.78, 5) is 0. The fraction of sp³-hybridized carbons (Fsp3) is 0.250. The molecule has 0 radical (unpaired) electrons. The van der Waals surface area contributed by atoms with Crippen LogP contribution in [0.3, 0.4) is 0 Å². The molecule has 3 nitrogen and oxygen atoms in total. The van der Waals surface area contributed by atoms with E-state index in [1.54, 1.807) is 0 Å². The van der Waals surface area contributed by atoms with Crippen molar-refractivity contribution in [2.45, 2.75) is 26.2 Å². The smallest absolute Gasteiger partial charge is 0.133 e. The van der Waals surface area contributed by atoms with Gasteiger partial charge < -0.3 is 5.32 Å². The van der Waals surface area contributed by atoms with Crippen molar-refractivity contribution in [1.29, 1.82) is 0 Å². The van der Waals surface area contributed by atoms with Gasteiger partial charge in [0.25, 0.3) is 0 Å². The van der Waals surface area contributed by atoms with E-state index >= 15 is 0 Å². The van der Waals surface area contributed by atoms with Crippen molar-refractivity contribution in [2.24, 2.45) is 0 Å². The molecule has 2 heterocycles. The normalized spacial score (nSPS) is 13.9. The second-order valence-electron chi connectivity index (χ2n) is 6.38. The van der Waals surface area contributed by atoms with Gasteiger partial charge in [0.15, 0.2) is 0 Å². The number of benzene rings is 2. The van der Waals surface area contributed by atoms with Crippen LogP contribution in [0.25, 0.3) is 16.9 Å². The maximum absolute atomic E-state index is 6.36. The van der Waals surface area contributed by atoms with E-state index in [1.165, 1.54) is 12.0 Å². The summed E-state index contributed by atoms with van der Waals surface area (Å²) in [7, 11) is 0. The number of nitrogens with zero attached hydrogens (tertiary/aromatic N) is 2. The number of rotatable bonds is 2. The van der Waals surface area contributed by atoms with Gasteiger partial charge in [0.05, 0.1) is 11.4 Å². The summed E-state index contributed by atoms with van der Waals surface area (Å²) in [5, 5.41) is 9.31. The first-order valence-electron chi connectivity index (χ1n) is 8.52. The molecule has 2 aromatic carbocycles. The molecule has 0 amide bonds. The molecule has 0 atom stereocenters. The van der Waals surface area contributed by atoms with Crippen LogP contribution in [0.2, 0.25) is 5.02 Å². The molecule has 1 aromatic heterocycles. The fourth-order valence-electron chi connectivity index (χ4n) is 3.27. The highest BCUT2D eigenvalue weighted by molar-refractivity contribution is 9.10.